The van der Waals surface area contributed by atoms with Crippen LogP contribution in [0.15, 0.2) is 40.9 Å². The Morgan fingerprint density at radius 3 is 2.22 bits per heavy atom. The van der Waals surface area contributed by atoms with Crippen molar-refractivity contribution in [2.75, 3.05) is 10.6 Å². The van der Waals surface area contributed by atoms with Gasteiger partial charge in [-0.2, -0.15) is 5.10 Å². The Balaban J connectivity index is 1.38. The van der Waals surface area contributed by atoms with E-state index in [9.17, 15) is 4.79 Å². The number of amides is 1. The molecule has 0 saturated carbocycles. The molecule has 0 aliphatic carbocycles. The smallest absolute Gasteiger partial charge is 0.228 e. The van der Waals surface area contributed by atoms with Crippen LogP contribution in [0, 0.1) is 34.6 Å². The Bertz CT molecular complexity index is 1240. The second-order valence-electron chi connectivity index (χ2n) is 7.71. The van der Waals surface area contributed by atoms with Crippen molar-refractivity contribution in [2.24, 2.45) is 0 Å². The van der Waals surface area contributed by atoms with E-state index in [1.807, 2.05) is 64.1 Å². The van der Waals surface area contributed by atoms with Crippen molar-refractivity contribution in [1.82, 2.24) is 25.1 Å². The Morgan fingerprint density at radius 1 is 0.938 bits per heavy atom. The molecule has 0 aliphatic rings. The normalized spacial score (nSPS) is 10.9. The first-order chi connectivity index (χ1) is 15.3. The fraction of sp³-hybridized carbons (Fsp3) is 0.261. The van der Waals surface area contributed by atoms with Gasteiger partial charge in [0.2, 0.25) is 5.91 Å². The fourth-order valence-electron chi connectivity index (χ4n) is 3.35. The van der Waals surface area contributed by atoms with Crippen LogP contribution in [0.3, 0.4) is 0 Å². The molecule has 0 saturated heterocycles. The highest BCUT2D eigenvalue weighted by molar-refractivity contribution is 5.92. The third kappa shape index (κ3) is 4.36. The summed E-state index contributed by atoms with van der Waals surface area (Å²) in [4.78, 5) is 12.3. The molecule has 0 atom stereocenters. The Hall–Kier alpha value is -4.01. The standard InChI is InChI=1S/C23H25N7O2/c1-13-14(2)28-30(16(13)4)22-11-10-21(26-27-22)24-18-6-8-19(9-7-18)25-23(31)12-20-15(3)29-32-17(20)5/h6-11H,12H2,1-5H3,(H,24,26)(H,25,31). The zero-order valence-electron chi connectivity index (χ0n) is 18.7. The van der Waals surface area contributed by atoms with Crippen molar-refractivity contribution in [1.29, 1.82) is 0 Å². The fourth-order valence-corrected chi connectivity index (χ4v) is 3.35. The lowest BCUT2D eigenvalue weighted by Gasteiger charge is -2.09. The van der Waals surface area contributed by atoms with Crippen LogP contribution in [-0.2, 0) is 11.2 Å². The summed E-state index contributed by atoms with van der Waals surface area (Å²) in [6.45, 7) is 9.66. The average molecular weight is 432 g/mol. The lowest BCUT2D eigenvalue weighted by Crippen LogP contribution is -2.15. The molecule has 0 bridgehead atoms. The van der Waals surface area contributed by atoms with Gasteiger partial charge in [-0.3, -0.25) is 4.79 Å². The molecular formula is C23H25N7O2. The maximum Gasteiger partial charge on any atom is 0.228 e. The van der Waals surface area contributed by atoms with E-state index >= 15 is 0 Å². The van der Waals surface area contributed by atoms with Gasteiger partial charge in [-0.15, -0.1) is 10.2 Å². The van der Waals surface area contributed by atoms with Gasteiger partial charge in [0, 0.05) is 22.6 Å². The number of nitrogens with one attached hydrogen (secondary N) is 2. The van der Waals surface area contributed by atoms with Crippen LogP contribution in [-0.4, -0.2) is 31.0 Å². The summed E-state index contributed by atoms with van der Waals surface area (Å²) in [5.41, 5.74) is 6.25. The third-order valence-electron chi connectivity index (χ3n) is 5.48. The maximum atomic E-state index is 12.3. The first-order valence-corrected chi connectivity index (χ1v) is 10.3. The molecule has 4 aromatic rings. The molecule has 0 spiro atoms. The highest BCUT2D eigenvalue weighted by Crippen LogP contribution is 2.20. The van der Waals surface area contributed by atoms with Gasteiger partial charge in [0.25, 0.3) is 0 Å². The predicted molar refractivity (Wildman–Crippen MR) is 121 cm³/mol. The van der Waals surface area contributed by atoms with E-state index in [0.717, 1.165) is 33.9 Å². The van der Waals surface area contributed by atoms with Gasteiger partial charge in [-0.25, -0.2) is 4.68 Å². The Labute approximate surface area is 185 Å². The quantitative estimate of drug-likeness (QED) is 0.472. The van der Waals surface area contributed by atoms with E-state index in [2.05, 4.69) is 31.1 Å². The summed E-state index contributed by atoms with van der Waals surface area (Å²) in [6.07, 6.45) is 0.220. The number of nitrogens with zero attached hydrogens (tertiary/aromatic N) is 5. The number of rotatable bonds is 6. The highest BCUT2D eigenvalue weighted by atomic mass is 16.5. The molecule has 4 rings (SSSR count). The average Bonchev–Trinajstić information content (AvgIpc) is 3.23. The molecular weight excluding hydrogens is 406 g/mol. The van der Waals surface area contributed by atoms with Crippen molar-refractivity contribution in [3.05, 3.63) is 70.4 Å². The van der Waals surface area contributed by atoms with Crippen molar-refractivity contribution < 1.29 is 9.32 Å². The van der Waals surface area contributed by atoms with Gasteiger partial charge in [-0.1, -0.05) is 5.16 Å². The monoisotopic (exact) mass is 431 g/mol. The van der Waals surface area contributed by atoms with Crippen LogP contribution >= 0.6 is 0 Å². The van der Waals surface area contributed by atoms with Gasteiger partial charge in [0.05, 0.1) is 17.8 Å². The van der Waals surface area contributed by atoms with E-state index in [1.54, 1.807) is 11.6 Å². The number of hydrogen-bond acceptors (Lipinski definition) is 7. The minimum atomic E-state index is -0.124. The summed E-state index contributed by atoms with van der Waals surface area (Å²) in [5.74, 6) is 1.82. The van der Waals surface area contributed by atoms with Crippen LogP contribution in [0.4, 0.5) is 17.2 Å². The topological polar surface area (TPSA) is 111 Å². The second-order valence-corrected chi connectivity index (χ2v) is 7.71. The third-order valence-corrected chi connectivity index (χ3v) is 5.48. The predicted octanol–water partition coefficient (Wildman–Crippen LogP) is 4.12. The molecule has 3 aromatic heterocycles. The van der Waals surface area contributed by atoms with E-state index in [-0.39, 0.29) is 12.3 Å². The van der Waals surface area contributed by atoms with E-state index in [1.165, 1.54) is 0 Å². The maximum absolute atomic E-state index is 12.3. The molecule has 0 aliphatic heterocycles. The van der Waals surface area contributed by atoms with Crippen LogP contribution in [0.5, 0.6) is 0 Å². The summed E-state index contributed by atoms with van der Waals surface area (Å²) in [7, 11) is 0. The van der Waals surface area contributed by atoms with Crippen molar-refractivity contribution in [3.63, 3.8) is 0 Å². The molecule has 0 radical (unpaired) electrons. The van der Waals surface area contributed by atoms with Crippen LogP contribution in [0.2, 0.25) is 0 Å². The number of aromatic nitrogens is 5. The van der Waals surface area contributed by atoms with Crippen LogP contribution in [0.25, 0.3) is 5.82 Å². The molecule has 0 unspecified atom stereocenters. The van der Waals surface area contributed by atoms with Crippen LogP contribution < -0.4 is 10.6 Å². The van der Waals surface area contributed by atoms with Crippen LogP contribution in [0.1, 0.15) is 34.0 Å². The number of anilines is 3. The summed E-state index contributed by atoms with van der Waals surface area (Å²) >= 11 is 0. The lowest BCUT2D eigenvalue weighted by molar-refractivity contribution is -0.115. The molecule has 9 heteroatoms. The van der Waals surface area contributed by atoms with E-state index in [0.29, 0.717) is 23.1 Å². The largest absolute Gasteiger partial charge is 0.361 e. The van der Waals surface area contributed by atoms with E-state index < -0.39 is 0 Å². The first kappa shape index (κ1) is 21.2. The van der Waals surface area contributed by atoms with Crippen molar-refractivity contribution >= 4 is 23.1 Å². The van der Waals surface area contributed by atoms with Gasteiger partial charge in [0.1, 0.15) is 5.76 Å². The molecule has 3 heterocycles. The van der Waals surface area contributed by atoms with Crippen molar-refractivity contribution in [2.45, 2.75) is 41.0 Å². The number of carbonyl (C=O) groups excluding carboxylic acids is 1. The molecule has 2 N–H and O–H groups in total. The SMILES string of the molecule is Cc1nn(-c2ccc(Nc3ccc(NC(=O)Cc4c(C)noc4C)cc3)nn2)c(C)c1C. The van der Waals surface area contributed by atoms with Gasteiger partial charge < -0.3 is 15.2 Å². The lowest BCUT2D eigenvalue weighted by atomic mass is 10.1. The highest BCUT2D eigenvalue weighted by Gasteiger charge is 2.14. The zero-order valence-corrected chi connectivity index (χ0v) is 18.7. The zero-order chi connectivity index (χ0) is 22.8. The number of aryl methyl sites for hydroxylation is 3. The number of benzene rings is 1. The minimum Gasteiger partial charge on any atom is -0.361 e. The molecule has 9 nitrogen and oxygen atoms in total. The number of hydrogen-bond donors (Lipinski definition) is 2. The van der Waals surface area contributed by atoms with Gasteiger partial charge in [-0.05, 0) is 76.6 Å². The second kappa shape index (κ2) is 8.62. The Kier molecular flexibility index (Phi) is 5.72. The van der Waals surface area contributed by atoms with Gasteiger partial charge >= 0.3 is 0 Å². The Morgan fingerprint density at radius 2 is 1.66 bits per heavy atom. The summed E-state index contributed by atoms with van der Waals surface area (Å²) in [5, 5.41) is 23.0. The first-order valence-electron chi connectivity index (χ1n) is 10.3. The van der Waals surface area contributed by atoms with E-state index in [4.69, 9.17) is 4.52 Å². The molecule has 1 amide bonds. The molecule has 0 fully saturated rings. The van der Waals surface area contributed by atoms with Crippen molar-refractivity contribution in [3.8, 4) is 5.82 Å². The summed E-state index contributed by atoms with van der Waals surface area (Å²) < 4.78 is 6.90. The molecule has 32 heavy (non-hydrogen) atoms. The minimum absolute atomic E-state index is 0.124. The molecule has 164 valence electrons. The number of carbonyl (C=O) groups is 1. The summed E-state index contributed by atoms with van der Waals surface area (Å²) in [6, 6.07) is 11.1. The molecule has 1 aromatic carbocycles. The van der Waals surface area contributed by atoms with Gasteiger partial charge in [0.15, 0.2) is 11.6 Å².